The van der Waals surface area contributed by atoms with Crippen molar-refractivity contribution in [3.63, 3.8) is 0 Å². The number of nitrogens with one attached hydrogen (secondary N) is 2. The SMILES string of the molecule is COc1ccc(CNC(=O)C2CCC(C(=O)NCCCN(C)C)CC2)cc1. The predicted molar refractivity (Wildman–Crippen MR) is 106 cm³/mol. The molecule has 1 aromatic rings. The Bertz CT molecular complexity index is 593. The van der Waals surface area contributed by atoms with E-state index in [-0.39, 0.29) is 23.7 Å². The number of benzene rings is 1. The van der Waals surface area contributed by atoms with Gasteiger partial charge in [0.25, 0.3) is 0 Å². The fraction of sp³-hybridized carbons (Fsp3) is 0.619. The van der Waals surface area contributed by atoms with Crippen LogP contribution < -0.4 is 15.4 Å². The van der Waals surface area contributed by atoms with Gasteiger partial charge in [-0.1, -0.05) is 12.1 Å². The number of hydrogen-bond donors (Lipinski definition) is 2. The summed E-state index contributed by atoms with van der Waals surface area (Å²) in [7, 11) is 5.70. The molecule has 1 fully saturated rings. The molecule has 0 radical (unpaired) electrons. The van der Waals surface area contributed by atoms with E-state index in [9.17, 15) is 9.59 Å². The lowest BCUT2D eigenvalue weighted by atomic mass is 9.81. The van der Waals surface area contributed by atoms with Crippen LogP contribution >= 0.6 is 0 Å². The van der Waals surface area contributed by atoms with Crippen LogP contribution in [0.2, 0.25) is 0 Å². The molecule has 2 amide bonds. The quantitative estimate of drug-likeness (QED) is 0.649. The monoisotopic (exact) mass is 375 g/mol. The highest BCUT2D eigenvalue weighted by molar-refractivity contribution is 5.81. The first-order chi connectivity index (χ1) is 13.0. The van der Waals surface area contributed by atoms with Gasteiger partial charge in [-0.3, -0.25) is 9.59 Å². The van der Waals surface area contributed by atoms with Gasteiger partial charge in [0.2, 0.25) is 11.8 Å². The second-order valence-electron chi connectivity index (χ2n) is 7.56. The molecule has 1 saturated carbocycles. The Morgan fingerprint density at radius 1 is 1.00 bits per heavy atom. The Kier molecular flexibility index (Phi) is 8.58. The maximum atomic E-state index is 12.4. The minimum atomic E-state index is 0.0149. The zero-order valence-electron chi connectivity index (χ0n) is 16.8. The zero-order chi connectivity index (χ0) is 19.6. The van der Waals surface area contributed by atoms with Crippen LogP contribution in [0.25, 0.3) is 0 Å². The summed E-state index contributed by atoms with van der Waals surface area (Å²) in [5, 5.41) is 6.05. The molecule has 6 heteroatoms. The lowest BCUT2D eigenvalue weighted by Gasteiger charge is -2.27. The number of ether oxygens (including phenoxy) is 1. The number of carbonyl (C=O) groups excluding carboxylic acids is 2. The van der Waals surface area contributed by atoms with Gasteiger partial charge in [0.05, 0.1) is 7.11 Å². The van der Waals surface area contributed by atoms with E-state index in [2.05, 4.69) is 15.5 Å². The first-order valence-electron chi connectivity index (χ1n) is 9.82. The van der Waals surface area contributed by atoms with E-state index >= 15 is 0 Å². The smallest absolute Gasteiger partial charge is 0.223 e. The van der Waals surface area contributed by atoms with Gasteiger partial charge >= 0.3 is 0 Å². The molecule has 1 aromatic carbocycles. The van der Waals surface area contributed by atoms with Gasteiger partial charge in [0, 0.05) is 24.9 Å². The molecule has 0 atom stereocenters. The highest BCUT2D eigenvalue weighted by atomic mass is 16.5. The number of amides is 2. The average Bonchev–Trinajstić information content (AvgIpc) is 2.69. The van der Waals surface area contributed by atoms with Crippen LogP contribution in [0.5, 0.6) is 5.75 Å². The highest BCUT2D eigenvalue weighted by Crippen LogP contribution is 2.29. The van der Waals surface area contributed by atoms with Crippen LogP contribution in [-0.4, -0.2) is 51.0 Å². The molecule has 0 aromatic heterocycles. The summed E-state index contributed by atoms with van der Waals surface area (Å²) >= 11 is 0. The van der Waals surface area contributed by atoms with Crippen molar-refractivity contribution >= 4 is 11.8 Å². The summed E-state index contributed by atoms with van der Waals surface area (Å²) in [6, 6.07) is 7.70. The van der Waals surface area contributed by atoms with E-state index in [0.717, 1.165) is 56.5 Å². The molecule has 0 saturated heterocycles. The van der Waals surface area contributed by atoms with Crippen molar-refractivity contribution in [3.8, 4) is 5.75 Å². The molecular weight excluding hydrogens is 342 g/mol. The zero-order valence-corrected chi connectivity index (χ0v) is 16.8. The van der Waals surface area contributed by atoms with E-state index < -0.39 is 0 Å². The minimum absolute atomic E-state index is 0.0149. The second-order valence-corrected chi connectivity index (χ2v) is 7.56. The van der Waals surface area contributed by atoms with Crippen LogP contribution in [0.15, 0.2) is 24.3 Å². The number of carbonyl (C=O) groups is 2. The Morgan fingerprint density at radius 2 is 1.56 bits per heavy atom. The van der Waals surface area contributed by atoms with Crippen LogP contribution in [0, 0.1) is 11.8 Å². The third kappa shape index (κ3) is 7.21. The van der Waals surface area contributed by atoms with Gasteiger partial charge in [0.1, 0.15) is 5.75 Å². The summed E-state index contributed by atoms with van der Waals surface area (Å²) in [5.41, 5.74) is 1.05. The Hall–Kier alpha value is -2.08. The van der Waals surface area contributed by atoms with Crippen LogP contribution in [0.4, 0.5) is 0 Å². The molecular formula is C21H33N3O3. The molecule has 1 aliphatic rings. The number of methoxy groups -OCH3 is 1. The number of nitrogens with zero attached hydrogens (tertiary/aromatic N) is 1. The van der Waals surface area contributed by atoms with Gasteiger partial charge in [-0.15, -0.1) is 0 Å². The standard InChI is InChI=1S/C21H33N3O3/c1-24(2)14-4-13-22-20(25)17-7-9-18(10-8-17)21(26)23-15-16-5-11-19(27-3)12-6-16/h5-6,11-12,17-18H,4,7-10,13-15H2,1-3H3,(H,22,25)(H,23,26). The van der Waals surface area contributed by atoms with E-state index in [1.165, 1.54) is 0 Å². The van der Waals surface area contributed by atoms with Gasteiger partial charge in [-0.05, 0) is 70.4 Å². The molecule has 2 rings (SSSR count). The lowest BCUT2D eigenvalue weighted by molar-refractivity contribution is -0.130. The van der Waals surface area contributed by atoms with Crippen LogP contribution in [0.3, 0.4) is 0 Å². The first kappa shape index (κ1) is 21.2. The van der Waals surface area contributed by atoms with Crippen molar-refractivity contribution in [2.45, 2.75) is 38.6 Å². The highest BCUT2D eigenvalue weighted by Gasteiger charge is 2.29. The second kappa shape index (κ2) is 10.9. The summed E-state index contributed by atoms with van der Waals surface area (Å²) in [4.78, 5) is 26.8. The largest absolute Gasteiger partial charge is 0.497 e. The molecule has 0 bridgehead atoms. The third-order valence-corrected chi connectivity index (χ3v) is 5.18. The fourth-order valence-corrected chi connectivity index (χ4v) is 3.45. The van der Waals surface area contributed by atoms with Gasteiger partial charge in [-0.25, -0.2) is 0 Å². The van der Waals surface area contributed by atoms with Crippen LogP contribution in [-0.2, 0) is 16.1 Å². The molecule has 1 aliphatic carbocycles. The van der Waals surface area contributed by atoms with Crippen molar-refractivity contribution in [1.82, 2.24) is 15.5 Å². The van der Waals surface area contributed by atoms with Gasteiger partial charge in [-0.2, -0.15) is 0 Å². The topological polar surface area (TPSA) is 70.7 Å². The first-order valence-corrected chi connectivity index (χ1v) is 9.82. The Balaban J connectivity index is 1.66. The third-order valence-electron chi connectivity index (χ3n) is 5.18. The predicted octanol–water partition coefficient (Wildman–Crippen LogP) is 2.19. The molecule has 0 aliphatic heterocycles. The summed E-state index contributed by atoms with van der Waals surface area (Å²) in [6.45, 7) is 2.22. The van der Waals surface area contributed by atoms with Crippen molar-refractivity contribution in [1.29, 1.82) is 0 Å². The van der Waals surface area contributed by atoms with Crippen molar-refractivity contribution < 1.29 is 14.3 Å². The van der Waals surface area contributed by atoms with E-state index in [4.69, 9.17) is 4.74 Å². The average molecular weight is 376 g/mol. The summed E-state index contributed by atoms with van der Waals surface area (Å²) in [5.74, 6) is 1.11. The number of rotatable bonds is 9. The van der Waals surface area contributed by atoms with E-state index in [1.54, 1.807) is 7.11 Å². The maximum absolute atomic E-state index is 12.4. The molecule has 0 heterocycles. The molecule has 2 N–H and O–H groups in total. The van der Waals surface area contributed by atoms with Gasteiger partial charge < -0.3 is 20.3 Å². The van der Waals surface area contributed by atoms with Crippen molar-refractivity contribution in [2.75, 3.05) is 34.3 Å². The van der Waals surface area contributed by atoms with Crippen molar-refractivity contribution in [2.24, 2.45) is 11.8 Å². The van der Waals surface area contributed by atoms with Crippen molar-refractivity contribution in [3.05, 3.63) is 29.8 Å². The molecule has 150 valence electrons. The Morgan fingerprint density at radius 3 is 2.07 bits per heavy atom. The van der Waals surface area contributed by atoms with E-state index in [1.807, 2.05) is 38.4 Å². The van der Waals surface area contributed by atoms with Crippen LogP contribution in [0.1, 0.15) is 37.7 Å². The number of hydrogen-bond acceptors (Lipinski definition) is 4. The Labute approximate surface area is 162 Å². The van der Waals surface area contributed by atoms with E-state index in [0.29, 0.717) is 6.54 Å². The summed E-state index contributed by atoms with van der Waals surface area (Å²) in [6.07, 6.45) is 4.11. The molecule has 0 spiro atoms. The normalized spacial score (nSPS) is 19.6. The molecule has 6 nitrogen and oxygen atoms in total. The minimum Gasteiger partial charge on any atom is -0.497 e. The van der Waals surface area contributed by atoms with Gasteiger partial charge in [0.15, 0.2) is 0 Å². The maximum Gasteiger partial charge on any atom is 0.223 e. The summed E-state index contributed by atoms with van der Waals surface area (Å²) < 4.78 is 5.14. The molecule has 0 unspecified atom stereocenters. The lowest BCUT2D eigenvalue weighted by Crippen LogP contribution is -2.38. The fourth-order valence-electron chi connectivity index (χ4n) is 3.45. The molecule has 27 heavy (non-hydrogen) atoms.